The van der Waals surface area contributed by atoms with Gasteiger partial charge in [0.25, 0.3) is 11.8 Å². The topological polar surface area (TPSA) is 98.1 Å². The van der Waals surface area contributed by atoms with Gasteiger partial charge in [0, 0.05) is 70.0 Å². The summed E-state index contributed by atoms with van der Waals surface area (Å²) in [6.45, 7) is 1.65. The number of amides is 2. The van der Waals surface area contributed by atoms with Crippen LogP contribution >= 0.6 is 0 Å². The number of nitrogens with zero attached hydrogens (tertiary/aromatic N) is 6. The zero-order valence-corrected chi connectivity index (χ0v) is 21.1. The van der Waals surface area contributed by atoms with Crippen molar-refractivity contribution in [2.24, 2.45) is 4.99 Å². The summed E-state index contributed by atoms with van der Waals surface area (Å²) >= 11 is 0. The molecule has 10 nitrogen and oxygen atoms in total. The first-order chi connectivity index (χ1) is 17.4. The largest absolute Gasteiger partial charge is 0.343 e. The Morgan fingerprint density at radius 1 is 1.17 bits per heavy atom. The van der Waals surface area contributed by atoms with Crippen molar-refractivity contribution in [2.75, 3.05) is 39.5 Å². The summed E-state index contributed by atoms with van der Waals surface area (Å²) in [7, 11) is 5.53. The number of carbonyl (C=O) groups is 2. The zero-order valence-electron chi connectivity index (χ0n) is 21.1. The molecule has 2 amide bonds. The highest BCUT2D eigenvalue weighted by atomic mass is 16.2. The standard InChI is InChI=1S/C26H34N8O2/c1-31(2)25(36)21-10-17-14-32(3)26(30-23(17)34(21)19-6-4-5-7-19)29-22-9-8-16(12-28-22)24(35)33-15-18-11-20(33)13-27-18/h8-10,12,14,18-20,26-27H,4-7,11,13,15H2,1-3H3,(H,28,29)/t18-,20?,26?/m0/s1. The summed E-state index contributed by atoms with van der Waals surface area (Å²) in [4.78, 5) is 41.1. The number of hydrogen-bond donors (Lipinski definition) is 2. The molecule has 2 N–H and O–H groups in total. The third kappa shape index (κ3) is 3.93. The van der Waals surface area contributed by atoms with E-state index in [1.165, 1.54) is 12.8 Å². The molecule has 0 aromatic carbocycles. The Hall–Kier alpha value is -3.40. The molecule has 6 rings (SSSR count). The molecule has 4 aliphatic rings. The van der Waals surface area contributed by atoms with Crippen molar-refractivity contribution in [1.82, 2.24) is 29.6 Å². The van der Waals surface area contributed by atoms with Crippen LogP contribution in [0.4, 0.5) is 5.82 Å². The van der Waals surface area contributed by atoms with Crippen molar-refractivity contribution in [1.29, 1.82) is 0 Å². The van der Waals surface area contributed by atoms with Crippen molar-refractivity contribution in [3.63, 3.8) is 0 Å². The van der Waals surface area contributed by atoms with E-state index in [-0.39, 0.29) is 24.1 Å². The minimum atomic E-state index is -0.371. The fraction of sp³-hybridized carbons (Fsp3) is 0.538. The SMILES string of the molecule is CN(C)C(=O)c1cc2c(n1C1CCCC1)=NC(Nc1ccc(C(=O)N3C[C@@H]4CC3CN4)cn1)N(C)C=2. The number of carbonyl (C=O) groups excluding carboxylic acids is 2. The van der Waals surface area contributed by atoms with Gasteiger partial charge in [0.05, 0.1) is 5.56 Å². The Morgan fingerprint density at radius 2 is 1.97 bits per heavy atom. The number of anilines is 1. The van der Waals surface area contributed by atoms with Crippen LogP contribution in [0.25, 0.3) is 6.20 Å². The highest BCUT2D eigenvalue weighted by Gasteiger charge is 2.40. The van der Waals surface area contributed by atoms with Gasteiger partial charge in [0.2, 0.25) is 0 Å². The lowest BCUT2D eigenvalue weighted by molar-refractivity contribution is 0.0715. The number of rotatable bonds is 5. The van der Waals surface area contributed by atoms with E-state index < -0.39 is 0 Å². The van der Waals surface area contributed by atoms with Crippen LogP contribution in [0.15, 0.2) is 29.4 Å². The fourth-order valence-electron chi connectivity index (χ4n) is 6.04. The Morgan fingerprint density at radius 3 is 2.61 bits per heavy atom. The van der Waals surface area contributed by atoms with Crippen LogP contribution in [0.5, 0.6) is 0 Å². The van der Waals surface area contributed by atoms with Gasteiger partial charge in [0.1, 0.15) is 17.0 Å². The van der Waals surface area contributed by atoms with Crippen LogP contribution in [0.3, 0.4) is 0 Å². The molecule has 2 bridgehead atoms. The van der Waals surface area contributed by atoms with E-state index in [4.69, 9.17) is 4.99 Å². The summed E-state index contributed by atoms with van der Waals surface area (Å²) in [5.41, 5.74) is 2.14. The molecule has 1 aliphatic carbocycles. The lowest BCUT2D eigenvalue weighted by Gasteiger charge is -2.28. The Balaban J connectivity index is 1.26. The van der Waals surface area contributed by atoms with Crippen molar-refractivity contribution >= 4 is 23.8 Å². The molecule has 3 aliphatic heterocycles. The van der Waals surface area contributed by atoms with Gasteiger partial charge in [-0.25, -0.2) is 9.98 Å². The van der Waals surface area contributed by atoms with Gasteiger partial charge in [-0.15, -0.1) is 0 Å². The van der Waals surface area contributed by atoms with E-state index in [2.05, 4.69) is 20.2 Å². The number of piperazine rings is 1. The predicted octanol–water partition coefficient (Wildman–Crippen LogP) is 0.585. The van der Waals surface area contributed by atoms with Crippen LogP contribution in [-0.4, -0.2) is 88.7 Å². The maximum Gasteiger partial charge on any atom is 0.270 e. The molecule has 190 valence electrons. The highest BCUT2D eigenvalue weighted by molar-refractivity contribution is 5.94. The van der Waals surface area contributed by atoms with E-state index in [1.54, 1.807) is 25.2 Å². The number of aromatic nitrogens is 2. The second kappa shape index (κ2) is 8.92. The Kier molecular flexibility index (Phi) is 5.70. The van der Waals surface area contributed by atoms with E-state index in [0.29, 0.717) is 29.2 Å². The molecule has 36 heavy (non-hydrogen) atoms. The Bertz CT molecular complexity index is 1290. The molecule has 2 aromatic rings. The molecule has 1 saturated carbocycles. The zero-order chi connectivity index (χ0) is 25.0. The molecule has 10 heteroatoms. The van der Waals surface area contributed by atoms with Gasteiger partial charge in [-0.3, -0.25) is 9.59 Å². The third-order valence-electron chi connectivity index (χ3n) is 7.93. The first-order valence-corrected chi connectivity index (χ1v) is 12.9. The third-order valence-corrected chi connectivity index (χ3v) is 7.93. The molecule has 5 heterocycles. The van der Waals surface area contributed by atoms with Gasteiger partial charge in [-0.2, -0.15) is 0 Å². The number of fused-ring (bicyclic) bond motifs is 3. The van der Waals surface area contributed by atoms with Crippen molar-refractivity contribution in [2.45, 2.75) is 56.5 Å². The summed E-state index contributed by atoms with van der Waals surface area (Å²) < 4.78 is 2.15. The lowest BCUT2D eigenvalue weighted by Crippen LogP contribution is -2.46. The summed E-state index contributed by atoms with van der Waals surface area (Å²) in [6, 6.07) is 6.65. The quantitative estimate of drug-likeness (QED) is 0.637. The summed E-state index contributed by atoms with van der Waals surface area (Å²) in [6.07, 6.45) is 8.81. The summed E-state index contributed by atoms with van der Waals surface area (Å²) in [5, 5.41) is 7.77. The number of hydrogen-bond acceptors (Lipinski definition) is 7. The maximum atomic E-state index is 13.0. The van der Waals surface area contributed by atoms with Crippen LogP contribution in [0.1, 0.15) is 59.0 Å². The average Bonchev–Trinajstić information content (AvgIpc) is 3.67. The van der Waals surface area contributed by atoms with Gasteiger partial charge < -0.3 is 29.9 Å². The highest BCUT2D eigenvalue weighted by Crippen LogP contribution is 2.30. The number of nitrogens with one attached hydrogen (secondary N) is 2. The minimum absolute atomic E-state index is 0.00371. The van der Waals surface area contributed by atoms with Crippen LogP contribution in [0, 0.1) is 0 Å². The molecule has 2 aromatic heterocycles. The van der Waals surface area contributed by atoms with E-state index in [0.717, 1.165) is 43.1 Å². The van der Waals surface area contributed by atoms with E-state index >= 15 is 0 Å². The van der Waals surface area contributed by atoms with Gasteiger partial charge >= 0.3 is 0 Å². The molecule has 0 radical (unpaired) electrons. The second-order valence-corrected chi connectivity index (χ2v) is 10.6. The maximum absolute atomic E-state index is 13.0. The van der Waals surface area contributed by atoms with Crippen LogP contribution in [-0.2, 0) is 0 Å². The molecule has 2 unspecified atom stereocenters. The first kappa shape index (κ1) is 23.0. The van der Waals surface area contributed by atoms with Crippen molar-refractivity contribution < 1.29 is 9.59 Å². The minimum Gasteiger partial charge on any atom is -0.343 e. The number of likely N-dealkylation sites (tertiary alicyclic amines) is 1. The molecule has 0 spiro atoms. The Labute approximate surface area is 210 Å². The predicted molar refractivity (Wildman–Crippen MR) is 136 cm³/mol. The molecule has 3 fully saturated rings. The smallest absolute Gasteiger partial charge is 0.270 e. The number of pyridine rings is 1. The van der Waals surface area contributed by atoms with Crippen molar-refractivity contribution in [3.8, 4) is 0 Å². The second-order valence-electron chi connectivity index (χ2n) is 10.6. The molecule has 2 saturated heterocycles. The van der Waals surface area contributed by atoms with E-state index in [1.807, 2.05) is 41.2 Å². The van der Waals surface area contributed by atoms with Crippen LogP contribution < -0.4 is 21.3 Å². The normalized spacial score (nSPS) is 24.9. The lowest BCUT2D eigenvalue weighted by atomic mass is 10.2. The molecule has 3 atom stereocenters. The van der Waals surface area contributed by atoms with Gasteiger partial charge in [-0.1, -0.05) is 12.8 Å². The monoisotopic (exact) mass is 490 g/mol. The summed E-state index contributed by atoms with van der Waals surface area (Å²) in [5.74, 6) is 0.695. The van der Waals surface area contributed by atoms with Gasteiger partial charge in [-0.05, 0) is 37.5 Å². The van der Waals surface area contributed by atoms with Gasteiger partial charge in [0.15, 0.2) is 6.29 Å². The van der Waals surface area contributed by atoms with Crippen molar-refractivity contribution in [3.05, 3.63) is 46.4 Å². The molecular formula is C26H34N8O2. The first-order valence-electron chi connectivity index (χ1n) is 12.9. The fourth-order valence-corrected chi connectivity index (χ4v) is 6.04. The molecular weight excluding hydrogens is 456 g/mol. The van der Waals surface area contributed by atoms with Crippen LogP contribution in [0.2, 0.25) is 0 Å². The average molecular weight is 491 g/mol. The van der Waals surface area contributed by atoms with E-state index in [9.17, 15) is 9.59 Å².